The van der Waals surface area contributed by atoms with Crippen molar-refractivity contribution in [2.45, 2.75) is 19.4 Å². The van der Waals surface area contributed by atoms with Gasteiger partial charge in [0.15, 0.2) is 0 Å². The molecule has 1 fully saturated rings. The first-order valence-corrected chi connectivity index (χ1v) is 5.04. The maximum absolute atomic E-state index is 11.1. The van der Waals surface area contributed by atoms with Crippen LogP contribution in [0.2, 0.25) is 0 Å². The highest BCUT2D eigenvalue weighted by Gasteiger charge is 2.32. The van der Waals surface area contributed by atoms with Gasteiger partial charge in [0, 0.05) is 5.92 Å². The molecule has 0 unspecified atom stereocenters. The van der Waals surface area contributed by atoms with E-state index < -0.39 is 0 Å². The van der Waals surface area contributed by atoms with Crippen molar-refractivity contribution in [2.24, 2.45) is 5.92 Å². The summed E-state index contributed by atoms with van der Waals surface area (Å²) in [5.41, 5.74) is 1.04. The molecule has 1 aliphatic rings. The van der Waals surface area contributed by atoms with Crippen molar-refractivity contribution in [3.05, 3.63) is 29.8 Å². The number of rotatable bonds is 2. The van der Waals surface area contributed by atoms with Crippen LogP contribution in [0.3, 0.4) is 0 Å². The van der Waals surface area contributed by atoms with Gasteiger partial charge < -0.3 is 9.47 Å². The molecule has 0 bridgehead atoms. The summed E-state index contributed by atoms with van der Waals surface area (Å²) in [6.45, 7) is 2.03. The Morgan fingerprint density at radius 2 is 2.00 bits per heavy atom. The van der Waals surface area contributed by atoms with Gasteiger partial charge in [-0.05, 0) is 17.7 Å². The molecule has 1 saturated heterocycles. The van der Waals surface area contributed by atoms with Crippen LogP contribution in [-0.4, -0.2) is 13.1 Å². The Labute approximate surface area is 89.0 Å². The molecule has 1 aromatic carbocycles. The normalized spacial score (nSPS) is 25.1. The molecule has 1 aliphatic heterocycles. The molecule has 0 aromatic heterocycles. The molecule has 0 spiro atoms. The predicted octanol–water partition coefficient (Wildman–Crippen LogP) is 2.32. The fourth-order valence-electron chi connectivity index (χ4n) is 1.87. The maximum Gasteiger partial charge on any atom is 0.306 e. The molecule has 3 nitrogen and oxygen atoms in total. The van der Waals surface area contributed by atoms with Gasteiger partial charge in [-0.3, -0.25) is 4.79 Å². The molecular weight excluding hydrogens is 192 g/mol. The van der Waals surface area contributed by atoms with Crippen molar-refractivity contribution >= 4 is 5.97 Å². The predicted molar refractivity (Wildman–Crippen MR) is 55.6 cm³/mol. The highest BCUT2D eigenvalue weighted by molar-refractivity contribution is 5.72. The van der Waals surface area contributed by atoms with Crippen molar-refractivity contribution in [3.8, 4) is 5.75 Å². The SMILES string of the molecule is COc1ccc([C@H]2OC(=O)C[C@H]2C)cc1. The molecule has 0 radical (unpaired) electrons. The summed E-state index contributed by atoms with van der Waals surface area (Å²) in [5, 5.41) is 0. The minimum Gasteiger partial charge on any atom is -0.497 e. The molecule has 0 N–H and O–H groups in total. The Morgan fingerprint density at radius 3 is 2.47 bits per heavy atom. The van der Waals surface area contributed by atoms with Gasteiger partial charge >= 0.3 is 5.97 Å². The Balaban J connectivity index is 2.19. The van der Waals surface area contributed by atoms with Crippen molar-refractivity contribution in [2.75, 3.05) is 7.11 Å². The zero-order valence-electron chi connectivity index (χ0n) is 8.90. The summed E-state index contributed by atoms with van der Waals surface area (Å²) in [4.78, 5) is 11.1. The van der Waals surface area contributed by atoms with Crippen molar-refractivity contribution in [3.63, 3.8) is 0 Å². The fraction of sp³-hybridized carbons (Fsp3) is 0.417. The number of methoxy groups -OCH3 is 1. The fourth-order valence-corrected chi connectivity index (χ4v) is 1.87. The lowest BCUT2D eigenvalue weighted by Gasteiger charge is -2.14. The number of benzene rings is 1. The summed E-state index contributed by atoms with van der Waals surface area (Å²) < 4.78 is 10.3. The van der Waals surface area contributed by atoms with E-state index in [0.29, 0.717) is 6.42 Å². The minimum absolute atomic E-state index is 0.0941. The van der Waals surface area contributed by atoms with Crippen LogP contribution in [-0.2, 0) is 9.53 Å². The number of carbonyl (C=O) groups is 1. The molecule has 0 saturated carbocycles. The lowest BCUT2D eigenvalue weighted by Crippen LogP contribution is -2.03. The Hall–Kier alpha value is -1.51. The number of hydrogen-bond donors (Lipinski definition) is 0. The summed E-state index contributed by atoms with van der Waals surface area (Å²) in [6, 6.07) is 7.65. The quantitative estimate of drug-likeness (QED) is 0.696. The van der Waals surface area contributed by atoms with Crippen LogP contribution < -0.4 is 4.74 Å². The average Bonchev–Trinajstić information content (AvgIpc) is 2.58. The van der Waals surface area contributed by atoms with Crippen molar-refractivity contribution in [1.82, 2.24) is 0 Å². The van der Waals surface area contributed by atoms with Gasteiger partial charge in [0.1, 0.15) is 11.9 Å². The lowest BCUT2D eigenvalue weighted by atomic mass is 9.97. The summed E-state index contributed by atoms with van der Waals surface area (Å²) in [6.07, 6.45) is 0.417. The zero-order valence-corrected chi connectivity index (χ0v) is 8.90. The van der Waals surface area contributed by atoms with Crippen LogP contribution in [0.4, 0.5) is 0 Å². The van der Waals surface area contributed by atoms with Gasteiger partial charge in [-0.25, -0.2) is 0 Å². The number of ether oxygens (including phenoxy) is 2. The molecule has 15 heavy (non-hydrogen) atoms. The van der Waals surface area contributed by atoms with Gasteiger partial charge in [-0.15, -0.1) is 0 Å². The van der Waals surface area contributed by atoms with E-state index in [1.54, 1.807) is 7.11 Å². The van der Waals surface area contributed by atoms with E-state index in [2.05, 4.69) is 0 Å². The smallest absolute Gasteiger partial charge is 0.306 e. The van der Waals surface area contributed by atoms with Crippen LogP contribution in [0.1, 0.15) is 25.0 Å². The first kappa shape index (κ1) is 10.0. The Kier molecular flexibility index (Phi) is 2.62. The van der Waals surface area contributed by atoms with Crippen LogP contribution in [0.5, 0.6) is 5.75 Å². The second-order valence-corrected chi connectivity index (χ2v) is 3.87. The van der Waals surface area contributed by atoms with Gasteiger partial charge in [-0.2, -0.15) is 0 Å². The third kappa shape index (κ3) is 1.96. The first-order chi connectivity index (χ1) is 7.20. The Bertz CT molecular complexity index is 356. The molecule has 1 heterocycles. The van der Waals surface area contributed by atoms with Gasteiger partial charge in [0.25, 0.3) is 0 Å². The standard InChI is InChI=1S/C12H14O3/c1-8-7-11(13)15-12(8)9-3-5-10(14-2)6-4-9/h3-6,8,12H,7H2,1-2H3/t8-,12+/m1/s1. The second-order valence-electron chi connectivity index (χ2n) is 3.87. The third-order valence-electron chi connectivity index (χ3n) is 2.71. The number of cyclic esters (lactones) is 1. The van der Waals surface area contributed by atoms with Gasteiger partial charge in [0.05, 0.1) is 13.5 Å². The van der Waals surface area contributed by atoms with E-state index in [9.17, 15) is 4.79 Å². The lowest BCUT2D eigenvalue weighted by molar-refractivity contribution is -0.141. The maximum atomic E-state index is 11.1. The number of carbonyl (C=O) groups excluding carboxylic acids is 1. The molecule has 0 amide bonds. The molecule has 1 aromatic rings. The third-order valence-corrected chi connectivity index (χ3v) is 2.71. The van der Waals surface area contributed by atoms with Crippen LogP contribution in [0.15, 0.2) is 24.3 Å². The summed E-state index contributed by atoms with van der Waals surface area (Å²) in [5.74, 6) is 0.963. The molecule has 3 heteroatoms. The van der Waals surface area contributed by atoms with Crippen LogP contribution >= 0.6 is 0 Å². The zero-order chi connectivity index (χ0) is 10.8. The Morgan fingerprint density at radius 1 is 1.33 bits per heavy atom. The molecule has 2 rings (SSSR count). The van der Waals surface area contributed by atoms with E-state index in [4.69, 9.17) is 9.47 Å². The van der Waals surface area contributed by atoms with Gasteiger partial charge in [-0.1, -0.05) is 19.1 Å². The number of esters is 1. The molecule has 80 valence electrons. The van der Waals surface area contributed by atoms with E-state index in [1.807, 2.05) is 31.2 Å². The minimum atomic E-state index is -0.108. The van der Waals surface area contributed by atoms with Gasteiger partial charge in [0.2, 0.25) is 0 Å². The summed E-state index contributed by atoms with van der Waals surface area (Å²) >= 11 is 0. The van der Waals surface area contributed by atoms with Crippen LogP contribution in [0.25, 0.3) is 0 Å². The van der Waals surface area contributed by atoms with E-state index >= 15 is 0 Å². The van der Waals surface area contributed by atoms with E-state index in [-0.39, 0.29) is 18.0 Å². The van der Waals surface area contributed by atoms with Crippen molar-refractivity contribution in [1.29, 1.82) is 0 Å². The second kappa shape index (κ2) is 3.93. The highest BCUT2D eigenvalue weighted by atomic mass is 16.5. The van der Waals surface area contributed by atoms with Crippen molar-refractivity contribution < 1.29 is 14.3 Å². The monoisotopic (exact) mass is 206 g/mol. The average molecular weight is 206 g/mol. The largest absolute Gasteiger partial charge is 0.497 e. The molecule has 2 atom stereocenters. The molecule has 0 aliphatic carbocycles. The summed E-state index contributed by atoms with van der Waals surface area (Å²) in [7, 11) is 1.63. The highest BCUT2D eigenvalue weighted by Crippen LogP contribution is 2.35. The molecular formula is C12H14O3. The van der Waals surface area contributed by atoms with Crippen LogP contribution in [0, 0.1) is 5.92 Å². The number of hydrogen-bond acceptors (Lipinski definition) is 3. The topological polar surface area (TPSA) is 35.5 Å². The van der Waals surface area contributed by atoms with E-state index in [1.165, 1.54) is 0 Å². The van der Waals surface area contributed by atoms with E-state index in [0.717, 1.165) is 11.3 Å². The first-order valence-electron chi connectivity index (χ1n) is 5.04.